The maximum atomic E-state index is 5.61. The molecule has 118 valence electrons. The zero-order valence-corrected chi connectivity index (χ0v) is 13.4. The number of hydrogen-bond acceptors (Lipinski definition) is 3. The lowest BCUT2D eigenvalue weighted by molar-refractivity contribution is 0.221. The van der Waals surface area contributed by atoms with E-state index in [2.05, 4.69) is 53.5 Å². The molecule has 1 saturated heterocycles. The average molecular weight is 307 g/mol. The Balaban J connectivity index is 1.50. The number of aryl methyl sites for hydroxylation is 1. The molecule has 0 aliphatic carbocycles. The normalized spacial score (nSPS) is 18.6. The van der Waals surface area contributed by atoms with Gasteiger partial charge in [-0.2, -0.15) is 5.10 Å². The summed E-state index contributed by atoms with van der Waals surface area (Å²) in [4.78, 5) is 2.48. The first-order valence-corrected chi connectivity index (χ1v) is 8.18. The van der Waals surface area contributed by atoms with E-state index in [0.29, 0.717) is 6.04 Å². The highest BCUT2D eigenvalue weighted by atomic mass is 16.3. The second kappa shape index (κ2) is 6.05. The lowest BCUT2D eigenvalue weighted by atomic mass is 10.1. The quantitative estimate of drug-likeness (QED) is 0.727. The van der Waals surface area contributed by atoms with Crippen molar-refractivity contribution in [3.05, 3.63) is 71.9 Å². The molecular weight excluding hydrogens is 286 g/mol. The fourth-order valence-electron chi connectivity index (χ4n) is 3.33. The van der Waals surface area contributed by atoms with Gasteiger partial charge in [0.15, 0.2) is 0 Å². The molecule has 3 aromatic rings. The third-order valence-corrected chi connectivity index (χ3v) is 4.56. The summed E-state index contributed by atoms with van der Waals surface area (Å²) in [6.07, 6.45) is 8.25. The molecule has 1 aliphatic heterocycles. The molecule has 1 aromatic carbocycles. The third-order valence-electron chi connectivity index (χ3n) is 4.56. The van der Waals surface area contributed by atoms with Crippen LogP contribution in [-0.4, -0.2) is 21.2 Å². The van der Waals surface area contributed by atoms with Crippen LogP contribution < -0.4 is 0 Å². The van der Waals surface area contributed by atoms with E-state index in [9.17, 15) is 0 Å². The van der Waals surface area contributed by atoms with Crippen molar-refractivity contribution in [2.75, 3.05) is 6.54 Å². The fraction of sp³-hybridized carbons (Fsp3) is 0.316. The number of hydrogen-bond donors (Lipinski definition) is 0. The van der Waals surface area contributed by atoms with E-state index < -0.39 is 0 Å². The standard InChI is InChI=1S/C19H21N3O/c1-15-6-8-17(9-7-15)22-14-16(12-20-22)13-21-10-2-4-18(21)19-5-3-11-23-19/h3,5-9,11-12,14,18H,2,4,10,13H2,1H3. The molecule has 1 fully saturated rings. The zero-order chi connectivity index (χ0) is 15.6. The van der Waals surface area contributed by atoms with Gasteiger partial charge in [0.2, 0.25) is 0 Å². The second-order valence-corrected chi connectivity index (χ2v) is 6.27. The van der Waals surface area contributed by atoms with E-state index in [4.69, 9.17) is 4.42 Å². The van der Waals surface area contributed by atoms with E-state index in [1.54, 1.807) is 6.26 Å². The molecule has 2 aromatic heterocycles. The Bertz CT molecular complexity index is 758. The van der Waals surface area contributed by atoms with Crippen LogP contribution in [0.25, 0.3) is 5.69 Å². The van der Waals surface area contributed by atoms with Crippen LogP contribution in [0.3, 0.4) is 0 Å². The molecule has 0 amide bonds. The van der Waals surface area contributed by atoms with Gasteiger partial charge in [-0.25, -0.2) is 4.68 Å². The van der Waals surface area contributed by atoms with Crippen LogP contribution >= 0.6 is 0 Å². The number of benzene rings is 1. The van der Waals surface area contributed by atoms with Crippen molar-refractivity contribution in [2.45, 2.75) is 32.4 Å². The van der Waals surface area contributed by atoms with Gasteiger partial charge < -0.3 is 4.42 Å². The van der Waals surface area contributed by atoms with Gasteiger partial charge in [-0.05, 0) is 50.6 Å². The predicted octanol–water partition coefficient (Wildman–Crippen LogP) is 4.11. The molecule has 0 N–H and O–H groups in total. The van der Waals surface area contributed by atoms with Crippen molar-refractivity contribution in [2.24, 2.45) is 0 Å². The molecule has 0 radical (unpaired) electrons. The summed E-state index contributed by atoms with van der Waals surface area (Å²) in [5.41, 5.74) is 3.61. The van der Waals surface area contributed by atoms with Crippen molar-refractivity contribution in [3.63, 3.8) is 0 Å². The minimum Gasteiger partial charge on any atom is -0.468 e. The molecular formula is C19H21N3O. The topological polar surface area (TPSA) is 34.2 Å². The molecule has 4 nitrogen and oxygen atoms in total. The number of likely N-dealkylation sites (tertiary alicyclic amines) is 1. The third kappa shape index (κ3) is 2.94. The first-order chi connectivity index (χ1) is 11.3. The average Bonchev–Trinajstić information content (AvgIpc) is 3.29. The molecule has 4 rings (SSSR count). The summed E-state index contributed by atoms with van der Waals surface area (Å²) in [6, 6.07) is 12.9. The van der Waals surface area contributed by atoms with Crippen LogP contribution in [0.15, 0.2) is 59.5 Å². The van der Waals surface area contributed by atoms with Gasteiger partial charge in [0, 0.05) is 18.3 Å². The smallest absolute Gasteiger partial charge is 0.120 e. The summed E-state index contributed by atoms with van der Waals surface area (Å²) in [7, 11) is 0. The van der Waals surface area contributed by atoms with Gasteiger partial charge in [-0.3, -0.25) is 4.90 Å². The summed E-state index contributed by atoms with van der Waals surface area (Å²) >= 11 is 0. The predicted molar refractivity (Wildman–Crippen MR) is 89.4 cm³/mol. The number of furan rings is 1. The summed E-state index contributed by atoms with van der Waals surface area (Å²) < 4.78 is 7.56. The largest absolute Gasteiger partial charge is 0.468 e. The van der Waals surface area contributed by atoms with Crippen LogP contribution in [0.5, 0.6) is 0 Å². The monoisotopic (exact) mass is 307 g/mol. The van der Waals surface area contributed by atoms with Gasteiger partial charge in [-0.1, -0.05) is 17.7 Å². The molecule has 0 bridgehead atoms. The highest BCUT2D eigenvalue weighted by Gasteiger charge is 2.28. The van der Waals surface area contributed by atoms with E-state index >= 15 is 0 Å². The molecule has 1 unspecified atom stereocenters. The van der Waals surface area contributed by atoms with Crippen molar-refractivity contribution in [1.82, 2.24) is 14.7 Å². The zero-order valence-electron chi connectivity index (χ0n) is 13.4. The first kappa shape index (κ1) is 14.3. The SMILES string of the molecule is Cc1ccc(-n2cc(CN3CCCC3c3ccco3)cn2)cc1. The van der Waals surface area contributed by atoms with Crippen molar-refractivity contribution in [1.29, 1.82) is 0 Å². The van der Waals surface area contributed by atoms with Gasteiger partial charge in [-0.15, -0.1) is 0 Å². The van der Waals surface area contributed by atoms with Gasteiger partial charge in [0.05, 0.1) is 24.2 Å². The number of rotatable bonds is 4. The fourth-order valence-corrected chi connectivity index (χ4v) is 3.33. The van der Waals surface area contributed by atoms with Crippen molar-refractivity contribution >= 4 is 0 Å². The minimum absolute atomic E-state index is 0.396. The Morgan fingerprint density at radius 2 is 2.09 bits per heavy atom. The Morgan fingerprint density at radius 1 is 1.22 bits per heavy atom. The summed E-state index contributed by atoms with van der Waals surface area (Å²) in [5.74, 6) is 1.08. The van der Waals surface area contributed by atoms with Crippen LogP contribution in [0.1, 0.15) is 35.8 Å². The number of aromatic nitrogens is 2. The molecule has 0 saturated carbocycles. The Hall–Kier alpha value is -2.33. The van der Waals surface area contributed by atoms with E-state index in [0.717, 1.165) is 24.5 Å². The maximum Gasteiger partial charge on any atom is 0.120 e. The molecule has 1 atom stereocenters. The van der Waals surface area contributed by atoms with E-state index in [1.165, 1.54) is 24.0 Å². The molecule has 4 heteroatoms. The van der Waals surface area contributed by atoms with Gasteiger partial charge in [0.1, 0.15) is 5.76 Å². The summed E-state index contributed by atoms with van der Waals surface area (Å²) in [5, 5.41) is 4.51. The van der Waals surface area contributed by atoms with Crippen LogP contribution in [0, 0.1) is 6.92 Å². The van der Waals surface area contributed by atoms with Gasteiger partial charge in [0.25, 0.3) is 0 Å². The Kier molecular flexibility index (Phi) is 3.75. The van der Waals surface area contributed by atoms with Crippen LogP contribution in [0.4, 0.5) is 0 Å². The minimum atomic E-state index is 0.396. The maximum absolute atomic E-state index is 5.61. The highest BCUT2D eigenvalue weighted by Crippen LogP contribution is 2.33. The highest BCUT2D eigenvalue weighted by molar-refractivity contribution is 5.34. The first-order valence-electron chi connectivity index (χ1n) is 8.18. The van der Waals surface area contributed by atoms with Crippen molar-refractivity contribution in [3.8, 4) is 5.69 Å². The molecule has 0 spiro atoms. The Labute approximate surface area is 136 Å². The van der Waals surface area contributed by atoms with Crippen LogP contribution in [-0.2, 0) is 6.54 Å². The van der Waals surface area contributed by atoms with E-state index in [-0.39, 0.29) is 0 Å². The number of nitrogens with zero attached hydrogens (tertiary/aromatic N) is 3. The summed E-state index contributed by atoms with van der Waals surface area (Å²) in [6.45, 7) is 4.12. The second-order valence-electron chi connectivity index (χ2n) is 6.27. The molecule has 1 aliphatic rings. The lowest BCUT2D eigenvalue weighted by Crippen LogP contribution is -2.22. The lowest BCUT2D eigenvalue weighted by Gasteiger charge is -2.21. The Morgan fingerprint density at radius 3 is 2.87 bits per heavy atom. The molecule has 3 heterocycles. The van der Waals surface area contributed by atoms with Crippen molar-refractivity contribution < 1.29 is 4.42 Å². The van der Waals surface area contributed by atoms with Crippen LogP contribution in [0.2, 0.25) is 0 Å². The molecule has 23 heavy (non-hydrogen) atoms. The van der Waals surface area contributed by atoms with Gasteiger partial charge >= 0.3 is 0 Å². The van der Waals surface area contributed by atoms with E-state index in [1.807, 2.05) is 16.9 Å².